The standard InChI is InChI=1S/C53H33N5/c1-4-16-34(17-5-1)51-54-52(35-18-6-2-7-19-35)56-53(55-51)42-28-29-47(40-25-13-12-24-39(40)42)58-46-27-15-14-26-41(46)44-32-45-43-30-36-20-10-11-21-37(36)31-48(43)57(49(45)33-50(44)58)38-22-8-3-9-23-38/h1-33H. The molecule has 0 aliphatic rings. The summed E-state index contributed by atoms with van der Waals surface area (Å²) >= 11 is 0. The Kier molecular flexibility index (Phi) is 7.16. The van der Waals surface area contributed by atoms with Gasteiger partial charge < -0.3 is 9.13 Å². The zero-order chi connectivity index (χ0) is 38.2. The average Bonchev–Trinajstić information content (AvgIpc) is 3.78. The van der Waals surface area contributed by atoms with E-state index in [1.54, 1.807) is 0 Å². The lowest BCUT2D eigenvalue weighted by Gasteiger charge is -2.15. The number of hydrogen-bond donors (Lipinski definition) is 0. The van der Waals surface area contributed by atoms with Gasteiger partial charge >= 0.3 is 0 Å². The molecule has 0 radical (unpaired) electrons. The number of nitrogens with zero attached hydrogens (tertiary/aromatic N) is 5. The van der Waals surface area contributed by atoms with E-state index < -0.39 is 0 Å². The fourth-order valence-corrected chi connectivity index (χ4v) is 8.88. The van der Waals surface area contributed by atoms with Crippen LogP contribution in [0.4, 0.5) is 0 Å². The van der Waals surface area contributed by atoms with Gasteiger partial charge in [0.05, 0.1) is 27.8 Å². The van der Waals surface area contributed by atoms with Crippen LogP contribution in [0, 0.1) is 0 Å². The van der Waals surface area contributed by atoms with Gasteiger partial charge in [0.1, 0.15) is 0 Å². The Morgan fingerprint density at radius 3 is 1.50 bits per heavy atom. The van der Waals surface area contributed by atoms with Gasteiger partial charge in [0.25, 0.3) is 0 Å². The molecule has 5 nitrogen and oxygen atoms in total. The third kappa shape index (κ3) is 5.00. The average molecular weight is 740 g/mol. The van der Waals surface area contributed by atoms with Crippen LogP contribution < -0.4 is 0 Å². The van der Waals surface area contributed by atoms with Gasteiger partial charge in [-0.05, 0) is 70.8 Å². The second-order valence-electron chi connectivity index (χ2n) is 14.8. The lowest BCUT2D eigenvalue weighted by Crippen LogP contribution is -2.01. The van der Waals surface area contributed by atoms with Crippen molar-refractivity contribution in [1.29, 1.82) is 0 Å². The fraction of sp³-hybridized carbons (Fsp3) is 0. The molecule has 0 saturated carbocycles. The normalized spacial score (nSPS) is 11.8. The molecular formula is C53H33N5. The van der Waals surface area contributed by atoms with Crippen molar-refractivity contribution in [3.05, 3.63) is 200 Å². The summed E-state index contributed by atoms with van der Waals surface area (Å²) in [4.78, 5) is 15.2. The highest BCUT2D eigenvalue weighted by atomic mass is 15.0. The maximum atomic E-state index is 5.12. The van der Waals surface area contributed by atoms with Crippen LogP contribution >= 0.6 is 0 Å². The molecule has 270 valence electrons. The Morgan fingerprint density at radius 1 is 0.293 bits per heavy atom. The Labute approximate surface area is 333 Å². The van der Waals surface area contributed by atoms with Gasteiger partial charge in [0.2, 0.25) is 0 Å². The summed E-state index contributed by atoms with van der Waals surface area (Å²) < 4.78 is 4.87. The van der Waals surface area contributed by atoms with Crippen LogP contribution in [0.25, 0.3) is 111 Å². The zero-order valence-corrected chi connectivity index (χ0v) is 31.3. The van der Waals surface area contributed by atoms with E-state index in [2.05, 4.69) is 149 Å². The molecule has 0 saturated heterocycles. The minimum Gasteiger partial charge on any atom is -0.309 e. The molecule has 0 N–H and O–H groups in total. The molecule has 58 heavy (non-hydrogen) atoms. The Balaban J connectivity index is 1.14. The van der Waals surface area contributed by atoms with Crippen molar-refractivity contribution in [3.8, 4) is 45.5 Å². The first-order chi connectivity index (χ1) is 28.8. The molecule has 0 spiro atoms. The molecule has 5 heteroatoms. The summed E-state index contributed by atoms with van der Waals surface area (Å²) in [6.45, 7) is 0. The lowest BCUT2D eigenvalue weighted by molar-refractivity contribution is 1.08. The first-order valence-electron chi connectivity index (χ1n) is 19.6. The molecule has 12 aromatic rings. The zero-order valence-electron chi connectivity index (χ0n) is 31.3. The number of benzene rings is 9. The van der Waals surface area contributed by atoms with Crippen molar-refractivity contribution >= 4 is 65.2 Å². The van der Waals surface area contributed by atoms with Crippen molar-refractivity contribution < 1.29 is 0 Å². The van der Waals surface area contributed by atoms with Crippen LogP contribution in [-0.4, -0.2) is 24.1 Å². The van der Waals surface area contributed by atoms with E-state index in [0.29, 0.717) is 17.5 Å². The number of para-hydroxylation sites is 2. The van der Waals surface area contributed by atoms with Crippen LogP contribution in [0.1, 0.15) is 0 Å². The Morgan fingerprint density at radius 2 is 0.793 bits per heavy atom. The van der Waals surface area contributed by atoms with Crippen molar-refractivity contribution in [2.75, 3.05) is 0 Å². The molecule has 0 aliphatic heterocycles. The van der Waals surface area contributed by atoms with Gasteiger partial charge in [0.15, 0.2) is 17.5 Å². The van der Waals surface area contributed by atoms with E-state index in [1.807, 2.05) is 60.7 Å². The Hall–Kier alpha value is -7.89. The predicted molar refractivity (Wildman–Crippen MR) is 240 cm³/mol. The quantitative estimate of drug-likeness (QED) is 0.177. The molecule has 0 bridgehead atoms. The van der Waals surface area contributed by atoms with Gasteiger partial charge in [-0.25, -0.2) is 15.0 Å². The van der Waals surface area contributed by atoms with E-state index in [9.17, 15) is 0 Å². The maximum Gasteiger partial charge on any atom is 0.164 e. The summed E-state index contributed by atoms with van der Waals surface area (Å²) in [5, 5.41) is 9.56. The summed E-state index contributed by atoms with van der Waals surface area (Å²) in [6, 6.07) is 71.0. The molecular weight excluding hydrogens is 707 g/mol. The van der Waals surface area contributed by atoms with Gasteiger partial charge in [-0.3, -0.25) is 0 Å². The molecule has 3 heterocycles. The summed E-state index contributed by atoms with van der Waals surface area (Å²) in [5.74, 6) is 1.93. The van der Waals surface area contributed by atoms with E-state index >= 15 is 0 Å². The maximum absolute atomic E-state index is 5.12. The molecule has 0 atom stereocenters. The lowest BCUT2D eigenvalue weighted by atomic mass is 10.0. The largest absolute Gasteiger partial charge is 0.309 e. The van der Waals surface area contributed by atoms with E-state index in [1.165, 1.54) is 43.4 Å². The van der Waals surface area contributed by atoms with Gasteiger partial charge in [-0.2, -0.15) is 0 Å². The summed E-state index contributed by atoms with van der Waals surface area (Å²) in [6.07, 6.45) is 0. The minimum absolute atomic E-state index is 0.638. The minimum atomic E-state index is 0.638. The molecule has 0 aliphatic carbocycles. The topological polar surface area (TPSA) is 48.5 Å². The second-order valence-corrected chi connectivity index (χ2v) is 14.8. The molecule has 0 amide bonds. The predicted octanol–water partition coefficient (Wildman–Crippen LogP) is 13.4. The smallest absolute Gasteiger partial charge is 0.164 e. The van der Waals surface area contributed by atoms with E-state index in [4.69, 9.17) is 15.0 Å². The number of aromatic nitrogens is 5. The van der Waals surface area contributed by atoms with Crippen LogP contribution in [0.3, 0.4) is 0 Å². The second kappa shape index (κ2) is 12.8. The summed E-state index contributed by atoms with van der Waals surface area (Å²) in [5.41, 5.74) is 9.74. The molecule has 0 unspecified atom stereocenters. The highest BCUT2D eigenvalue weighted by Gasteiger charge is 2.21. The van der Waals surface area contributed by atoms with Gasteiger partial charge in [-0.15, -0.1) is 0 Å². The highest BCUT2D eigenvalue weighted by molar-refractivity contribution is 6.21. The number of rotatable bonds is 5. The third-order valence-electron chi connectivity index (χ3n) is 11.5. The van der Waals surface area contributed by atoms with Crippen molar-refractivity contribution in [3.63, 3.8) is 0 Å². The van der Waals surface area contributed by atoms with Crippen molar-refractivity contribution in [1.82, 2.24) is 24.1 Å². The monoisotopic (exact) mass is 739 g/mol. The van der Waals surface area contributed by atoms with Crippen LogP contribution in [-0.2, 0) is 0 Å². The fourth-order valence-electron chi connectivity index (χ4n) is 8.88. The van der Waals surface area contributed by atoms with Gasteiger partial charge in [0, 0.05) is 49.3 Å². The third-order valence-corrected chi connectivity index (χ3v) is 11.5. The first-order valence-corrected chi connectivity index (χ1v) is 19.6. The summed E-state index contributed by atoms with van der Waals surface area (Å²) in [7, 11) is 0. The molecule has 0 fully saturated rings. The Bertz CT molecular complexity index is 3490. The number of hydrogen-bond acceptors (Lipinski definition) is 3. The van der Waals surface area contributed by atoms with Crippen LogP contribution in [0.15, 0.2) is 200 Å². The van der Waals surface area contributed by atoms with Crippen molar-refractivity contribution in [2.45, 2.75) is 0 Å². The molecule has 9 aromatic carbocycles. The van der Waals surface area contributed by atoms with Crippen LogP contribution in [0.5, 0.6) is 0 Å². The van der Waals surface area contributed by atoms with E-state index in [-0.39, 0.29) is 0 Å². The van der Waals surface area contributed by atoms with Crippen molar-refractivity contribution in [2.24, 2.45) is 0 Å². The molecule has 12 rings (SSSR count). The SMILES string of the molecule is c1ccc(-c2nc(-c3ccccc3)nc(-c3ccc(-n4c5ccccc5c5cc6c7cc8ccccc8cc7n(-c7ccccc7)c6cc54)c4ccccc34)n2)cc1. The number of fused-ring (bicyclic) bond motifs is 8. The highest BCUT2D eigenvalue weighted by Crippen LogP contribution is 2.42. The molecule has 3 aromatic heterocycles. The first kappa shape index (κ1) is 32.4. The van der Waals surface area contributed by atoms with Crippen LogP contribution in [0.2, 0.25) is 0 Å². The van der Waals surface area contributed by atoms with E-state index in [0.717, 1.165) is 49.9 Å². The van der Waals surface area contributed by atoms with Gasteiger partial charge in [-0.1, -0.05) is 146 Å².